The van der Waals surface area contributed by atoms with Gasteiger partial charge in [0.05, 0.1) is 18.3 Å². The number of aromatic nitrogens is 3. The first kappa shape index (κ1) is 23.1. The van der Waals surface area contributed by atoms with Crippen LogP contribution in [0.2, 0.25) is 0 Å². The van der Waals surface area contributed by atoms with Gasteiger partial charge in [-0.2, -0.15) is 5.10 Å². The number of nitrogens with one attached hydrogen (secondary N) is 1. The van der Waals surface area contributed by atoms with Crippen molar-refractivity contribution in [3.8, 4) is 5.69 Å². The van der Waals surface area contributed by atoms with Gasteiger partial charge in [0.25, 0.3) is 0 Å². The molecule has 36 heavy (non-hydrogen) atoms. The Labute approximate surface area is 206 Å². The van der Waals surface area contributed by atoms with Gasteiger partial charge in [0.1, 0.15) is 11.3 Å². The van der Waals surface area contributed by atoms with Crippen molar-refractivity contribution in [2.75, 3.05) is 19.8 Å². The van der Waals surface area contributed by atoms with Crippen LogP contribution in [0.15, 0.2) is 30.5 Å². The third kappa shape index (κ3) is 3.69. The molecule has 0 radical (unpaired) electrons. The van der Waals surface area contributed by atoms with Gasteiger partial charge in [0, 0.05) is 47.2 Å². The second-order valence-corrected chi connectivity index (χ2v) is 9.81. The summed E-state index contributed by atoms with van der Waals surface area (Å²) in [5.74, 6) is -1.75. The highest BCUT2D eigenvalue weighted by molar-refractivity contribution is 6.00. The van der Waals surface area contributed by atoms with E-state index in [1.807, 2.05) is 6.07 Å². The Bertz CT molecular complexity index is 1460. The molecular weight excluding hydrogens is 468 g/mol. The molecular formula is C27H27F2N3O4. The Morgan fingerprint density at radius 3 is 2.64 bits per heavy atom. The minimum Gasteiger partial charge on any atom is -0.479 e. The first-order chi connectivity index (χ1) is 17.4. The van der Waals surface area contributed by atoms with Crippen molar-refractivity contribution in [2.24, 2.45) is 0 Å². The van der Waals surface area contributed by atoms with Crippen molar-refractivity contribution in [2.45, 2.75) is 50.5 Å². The SMILES string of the molecule is Cc1cc(-n2c(C3CCOCC3)c([C@@H]3CC[C@@H](C(=O)O)OC3)c3c(F)c4[nH]ncc4cc32)ccc1F. The number of carboxylic acids is 1. The first-order valence-corrected chi connectivity index (χ1v) is 12.3. The summed E-state index contributed by atoms with van der Waals surface area (Å²) >= 11 is 0. The second kappa shape index (κ2) is 8.97. The maximum Gasteiger partial charge on any atom is 0.332 e. The lowest BCUT2D eigenvalue weighted by atomic mass is 9.84. The summed E-state index contributed by atoms with van der Waals surface area (Å²) in [5.41, 5.74) is 4.09. The molecule has 0 unspecified atom stereocenters. The van der Waals surface area contributed by atoms with Gasteiger partial charge in [-0.25, -0.2) is 13.6 Å². The Morgan fingerprint density at radius 2 is 1.94 bits per heavy atom. The average Bonchev–Trinajstić information content (AvgIpc) is 3.50. The second-order valence-electron chi connectivity index (χ2n) is 9.81. The van der Waals surface area contributed by atoms with E-state index in [-0.39, 0.29) is 30.1 Å². The number of aliphatic carboxylic acids is 1. The van der Waals surface area contributed by atoms with Crippen LogP contribution in [0.3, 0.4) is 0 Å². The van der Waals surface area contributed by atoms with Gasteiger partial charge in [-0.1, -0.05) is 0 Å². The van der Waals surface area contributed by atoms with E-state index in [2.05, 4.69) is 14.8 Å². The van der Waals surface area contributed by atoms with Crippen molar-refractivity contribution in [1.29, 1.82) is 0 Å². The molecule has 2 N–H and O–H groups in total. The Balaban J connectivity index is 1.66. The van der Waals surface area contributed by atoms with Crippen molar-refractivity contribution in [3.63, 3.8) is 0 Å². The van der Waals surface area contributed by atoms with Crippen LogP contribution >= 0.6 is 0 Å². The number of carbonyl (C=O) groups is 1. The Morgan fingerprint density at radius 1 is 1.14 bits per heavy atom. The fraction of sp³-hybridized carbons (Fsp3) is 0.407. The van der Waals surface area contributed by atoms with E-state index in [0.717, 1.165) is 29.8 Å². The van der Waals surface area contributed by atoms with Crippen molar-refractivity contribution >= 4 is 27.8 Å². The number of carboxylic acid groups (broad SMARTS) is 1. The standard InChI is InChI=1S/C27H27F2N3O4/c1-14-10-18(3-4-19(14)28)32-20-11-17-12-30-31-25(17)24(29)23(20)22(26(32)15-6-8-35-9-7-15)16-2-5-21(27(33)34)36-13-16/h3-4,10-12,15-16,21H,2,5-9,13H2,1H3,(H,30,31)(H,33,34)/t16-,21+/m1/s1. The lowest BCUT2D eigenvalue weighted by Crippen LogP contribution is -2.32. The summed E-state index contributed by atoms with van der Waals surface area (Å²) in [4.78, 5) is 11.5. The van der Waals surface area contributed by atoms with Crippen LogP contribution in [-0.4, -0.2) is 51.8 Å². The van der Waals surface area contributed by atoms with Crippen LogP contribution in [0, 0.1) is 18.6 Å². The average molecular weight is 496 g/mol. The summed E-state index contributed by atoms with van der Waals surface area (Å²) in [6.45, 7) is 3.11. The molecule has 4 aromatic rings. The molecule has 0 amide bonds. The maximum atomic E-state index is 16.2. The largest absolute Gasteiger partial charge is 0.479 e. The molecule has 2 aliphatic heterocycles. The number of rotatable bonds is 4. The minimum atomic E-state index is -0.979. The molecule has 2 fully saturated rings. The van der Waals surface area contributed by atoms with E-state index in [9.17, 15) is 14.3 Å². The normalized spacial score (nSPS) is 21.4. The number of hydrogen-bond acceptors (Lipinski definition) is 4. The Hall–Kier alpha value is -3.30. The maximum absolute atomic E-state index is 16.2. The van der Waals surface area contributed by atoms with Gasteiger partial charge in [-0.05, 0) is 68.0 Å². The fourth-order valence-electron chi connectivity index (χ4n) is 5.86. The summed E-state index contributed by atoms with van der Waals surface area (Å²) < 4.78 is 43.9. The van der Waals surface area contributed by atoms with E-state index in [4.69, 9.17) is 9.47 Å². The Kier molecular flexibility index (Phi) is 5.76. The molecule has 9 heteroatoms. The van der Waals surface area contributed by atoms with Gasteiger partial charge in [-0.3, -0.25) is 5.10 Å². The zero-order valence-corrected chi connectivity index (χ0v) is 19.9. The molecule has 2 aromatic heterocycles. The summed E-state index contributed by atoms with van der Waals surface area (Å²) in [5, 5.41) is 17.4. The number of fused-ring (bicyclic) bond motifs is 2. The molecule has 0 aliphatic carbocycles. The number of hydrogen-bond donors (Lipinski definition) is 2. The molecule has 0 bridgehead atoms. The number of nitrogens with zero attached hydrogens (tertiary/aromatic N) is 2. The van der Waals surface area contributed by atoms with Gasteiger partial charge in [-0.15, -0.1) is 0 Å². The third-order valence-electron chi connectivity index (χ3n) is 7.65. The van der Waals surface area contributed by atoms with Crippen LogP contribution in [0.25, 0.3) is 27.5 Å². The van der Waals surface area contributed by atoms with E-state index < -0.39 is 12.1 Å². The number of benzene rings is 2. The summed E-state index contributed by atoms with van der Waals surface area (Å²) in [7, 11) is 0. The van der Waals surface area contributed by atoms with Gasteiger partial charge < -0.3 is 19.1 Å². The first-order valence-electron chi connectivity index (χ1n) is 12.3. The lowest BCUT2D eigenvalue weighted by Gasteiger charge is -2.31. The number of aromatic amines is 1. The molecule has 2 aromatic carbocycles. The predicted octanol–water partition coefficient (Wildman–Crippen LogP) is 5.33. The third-order valence-corrected chi connectivity index (χ3v) is 7.65. The fourth-order valence-corrected chi connectivity index (χ4v) is 5.86. The molecule has 7 nitrogen and oxygen atoms in total. The molecule has 2 aliphatic rings. The van der Waals surface area contributed by atoms with Crippen LogP contribution in [0.1, 0.15) is 54.3 Å². The molecule has 188 valence electrons. The molecule has 2 saturated heterocycles. The summed E-state index contributed by atoms with van der Waals surface area (Å²) in [6.07, 6.45) is 3.20. The molecule has 6 rings (SSSR count). The van der Waals surface area contributed by atoms with Gasteiger partial charge in [0.2, 0.25) is 0 Å². The summed E-state index contributed by atoms with van der Waals surface area (Å²) in [6, 6.07) is 6.88. The van der Waals surface area contributed by atoms with Crippen LogP contribution in [-0.2, 0) is 14.3 Å². The molecule has 4 heterocycles. The highest BCUT2D eigenvalue weighted by Crippen LogP contribution is 2.46. The zero-order valence-electron chi connectivity index (χ0n) is 19.9. The van der Waals surface area contributed by atoms with Crippen molar-refractivity contribution < 1.29 is 28.2 Å². The number of ether oxygens (including phenoxy) is 2. The molecule has 0 spiro atoms. The van der Waals surface area contributed by atoms with E-state index in [0.29, 0.717) is 53.4 Å². The molecule has 0 saturated carbocycles. The monoisotopic (exact) mass is 495 g/mol. The highest BCUT2D eigenvalue weighted by atomic mass is 19.1. The number of aryl methyl sites for hydroxylation is 1. The smallest absolute Gasteiger partial charge is 0.332 e. The van der Waals surface area contributed by atoms with E-state index in [1.54, 1.807) is 25.3 Å². The van der Waals surface area contributed by atoms with Crippen LogP contribution in [0.5, 0.6) is 0 Å². The predicted molar refractivity (Wildman–Crippen MR) is 130 cm³/mol. The van der Waals surface area contributed by atoms with Crippen molar-refractivity contribution in [3.05, 3.63) is 58.9 Å². The molecule has 2 atom stereocenters. The highest BCUT2D eigenvalue weighted by Gasteiger charge is 2.36. The number of halogens is 2. The van der Waals surface area contributed by atoms with Gasteiger partial charge >= 0.3 is 5.97 Å². The number of H-pyrrole nitrogens is 1. The van der Waals surface area contributed by atoms with Crippen LogP contribution in [0.4, 0.5) is 8.78 Å². The van der Waals surface area contributed by atoms with E-state index in [1.165, 1.54) is 6.07 Å². The lowest BCUT2D eigenvalue weighted by molar-refractivity contribution is -0.153. The quantitative estimate of drug-likeness (QED) is 0.399. The van der Waals surface area contributed by atoms with Gasteiger partial charge in [0.15, 0.2) is 11.9 Å². The zero-order chi connectivity index (χ0) is 25.0. The van der Waals surface area contributed by atoms with Crippen molar-refractivity contribution in [1.82, 2.24) is 14.8 Å². The minimum absolute atomic E-state index is 0.0968. The topological polar surface area (TPSA) is 89.4 Å². The van der Waals surface area contributed by atoms with E-state index >= 15 is 4.39 Å². The van der Waals surface area contributed by atoms with Crippen LogP contribution < -0.4 is 0 Å².